The van der Waals surface area contributed by atoms with Gasteiger partial charge < -0.3 is 44.0 Å². The van der Waals surface area contributed by atoms with Crippen molar-refractivity contribution in [2.45, 2.75) is 56.1 Å². The number of hydrogen-bond donors (Lipinski definition) is 2. The first kappa shape index (κ1) is 55.8. The van der Waals surface area contributed by atoms with Gasteiger partial charge in [-0.1, -0.05) is 138 Å². The van der Waals surface area contributed by atoms with Crippen LogP contribution in [0.1, 0.15) is 71.3 Å². The van der Waals surface area contributed by atoms with E-state index < -0.39 is 106 Å². The van der Waals surface area contributed by atoms with Gasteiger partial charge in [0.1, 0.15) is 35.6 Å². The number of nitrogen functional groups attached to an aromatic ring is 1. The van der Waals surface area contributed by atoms with E-state index >= 15 is 0 Å². The number of carbonyl (C=O) groups is 8. The van der Waals surface area contributed by atoms with Crippen molar-refractivity contribution in [3.05, 3.63) is 185 Å². The predicted molar refractivity (Wildman–Crippen MR) is 285 cm³/mol. The maximum Gasteiger partial charge on any atom is 0.366 e. The second-order valence-corrected chi connectivity index (χ2v) is 19.5. The van der Waals surface area contributed by atoms with Crippen molar-refractivity contribution in [2.24, 2.45) is 5.16 Å². The molecule has 0 radical (unpaired) electrons. The highest BCUT2D eigenvalue weighted by atomic mass is 32.2. The summed E-state index contributed by atoms with van der Waals surface area (Å²) in [7, 11) is 0. The minimum atomic E-state index is -1.33. The molecule has 5 aromatic carbocycles. The number of aromatic nitrogens is 5. The molecular formula is C55H45N9O15S2. The van der Waals surface area contributed by atoms with Crippen molar-refractivity contribution in [3.8, 4) is 17.2 Å². The molecule has 0 spiro atoms. The summed E-state index contributed by atoms with van der Waals surface area (Å²) in [5.41, 5.74) is 7.30. The Kier molecular flexibility index (Phi) is 17.4. The summed E-state index contributed by atoms with van der Waals surface area (Å²) in [5, 5.41) is 17.6. The molecule has 0 aliphatic carbocycles. The van der Waals surface area contributed by atoms with Crippen LogP contribution < -0.4 is 25.3 Å². The van der Waals surface area contributed by atoms with Crippen molar-refractivity contribution >= 4 is 82.9 Å². The van der Waals surface area contributed by atoms with Gasteiger partial charge in [0.2, 0.25) is 10.9 Å². The Hall–Kier alpha value is -9.95. The van der Waals surface area contributed by atoms with Crippen molar-refractivity contribution in [1.29, 1.82) is 0 Å². The summed E-state index contributed by atoms with van der Waals surface area (Å²) in [4.78, 5) is 117. The molecule has 0 unspecified atom stereocenters. The lowest BCUT2D eigenvalue weighted by Crippen LogP contribution is -2.71. The Balaban J connectivity index is 0.977. The molecule has 2 atom stereocenters. The molecule has 9 rings (SSSR count). The highest BCUT2D eigenvalue weighted by molar-refractivity contribution is 8.01. The van der Waals surface area contributed by atoms with Crippen LogP contribution in [0, 0.1) is 0 Å². The minimum absolute atomic E-state index is 0.0192. The number of carbonyl (C=O) groups excluding carboxylic acids is 8. The van der Waals surface area contributed by atoms with Gasteiger partial charge in [-0.3, -0.25) is 33.7 Å². The van der Waals surface area contributed by atoms with Gasteiger partial charge in [0.25, 0.3) is 17.8 Å². The number of oxazole rings is 1. The number of nitrogens with zero attached hydrogens (tertiary/aromatic N) is 7. The zero-order valence-corrected chi connectivity index (χ0v) is 44.5. The van der Waals surface area contributed by atoms with Gasteiger partial charge in [0.15, 0.2) is 29.4 Å². The van der Waals surface area contributed by atoms with Crippen molar-refractivity contribution < 1.29 is 71.3 Å². The number of rotatable bonds is 20. The summed E-state index contributed by atoms with van der Waals surface area (Å²) in [6.07, 6.45) is -0.728. The molecule has 412 valence electrons. The maximum atomic E-state index is 14.9. The molecule has 81 heavy (non-hydrogen) atoms. The average molecular weight is 1140 g/mol. The van der Waals surface area contributed by atoms with Crippen molar-refractivity contribution in [1.82, 2.24) is 35.4 Å². The van der Waals surface area contributed by atoms with Crippen LogP contribution in [0.4, 0.5) is 6.01 Å². The third kappa shape index (κ3) is 13.3. The van der Waals surface area contributed by atoms with Crippen LogP contribution in [0.15, 0.2) is 166 Å². The standard InChI is InChI=1S/C55H45N9O15S2/c1-30(65)74-40-24-37(25-41(75-31(2)66)48(40)76-32(3)67)52(71)79-60-43(39-27-73-54(56)57-39)49(69)58-44-50(70)64-45(53(72)78-47(35-20-12-6-13-21-35)36-22-14-7-15-23-36)38(28-80-51(44)64)29-81-55-59-61-62-63(55)26-42(68)77-46(33-16-8-4-9-17-33)34-18-10-5-11-19-34/h4-25,27,44,46-47,51H,26,28-29H2,1-3H3,(H2,56,57)(H,58,69)/t44-,51+/m1/s1. The van der Waals surface area contributed by atoms with Crippen LogP contribution in [-0.2, 0) is 54.4 Å². The summed E-state index contributed by atoms with van der Waals surface area (Å²) in [5.74, 6) is -8.82. The number of nitrogens with one attached hydrogen (secondary N) is 1. The molecule has 4 heterocycles. The number of β-lactam (4-membered cyclic amide) rings is 1. The number of hydrogen-bond acceptors (Lipinski definition) is 23. The number of fused-ring (bicyclic) bond motifs is 1. The zero-order valence-electron chi connectivity index (χ0n) is 42.9. The number of nitrogens with two attached hydrogens (primary N) is 1. The highest BCUT2D eigenvalue weighted by Crippen LogP contribution is 2.44. The maximum absolute atomic E-state index is 14.9. The largest absolute Gasteiger partial charge is 0.451 e. The number of benzene rings is 5. The van der Waals surface area contributed by atoms with Crippen LogP contribution in [-0.4, -0.2) is 106 Å². The number of oxime groups is 1. The normalized spacial score (nSPS) is 14.8. The Morgan fingerprint density at radius 3 is 1.79 bits per heavy atom. The van der Waals surface area contributed by atoms with Gasteiger partial charge in [-0.2, -0.15) is 4.98 Å². The highest BCUT2D eigenvalue weighted by Gasteiger charge is 2.55. The second-order valence-electron chi connectivity index (χ2n) is 17.5. The number of tetrazole rings is 1. The van der Waals surface area contributed by atoms with E-state index in [1.165, 1.54) is 21.3 Å². The first-order valence-electron chi connectivity index (χ1n) is 24.3. The van der Waals surface area contributed by atoms with Crippen LogP contribution in [0.25, 0.3) is 0 Å². The number of amides is 2. The van der Waals surface area contributed by atoms with E-state index in [-0.39, 0.29) is 34.6 Å². The van der Waals surface area contributed by atoms with E-state index in [4.69, 9.17) is 38.7 Å². The Morgan fingerprint density at radius 2 is 1.28 bits per heavy atom. The number of esters is 5. The fraction of sp³-hybridized carbons (Fsp3) is 0.182. The fourth-order valence-electron chi connectivity index (χ4n) is 8.31. The van der Waals surface area contributed by atoms with E-state index in [2.05, 4.69) is 31.0 Å². The van der Waals surface area contributed by atoms with Gasteiger partial charge >= 0.3 is 35.8 Å². The molecular weight excluding hydrogens is 1090 g/mol. The van der Waals surface area contributed by atoms with E-state index in [1.807, 2.05) is 72.8 Å². The van der Waals surface area contributed by atoms with Gasteiger partial charge in [-0.15, -0.1) is 16.9 Å². The van der Waals surface area contributed by atoms with Crippen LogP contribution in [0.5, 0.6) is 17.2 Å². The molecule has 24 nitrogen and oxygen atoms in total. The lowest BCUT2D eigenvalue weighted by atomic mass is 10.0. The van der Waals surface area contributed by atoms with Gasteiger partial charge in [-0.25, -0.2) is 14.3 Å². The first-order valence-corrected chi connectivity index (χ1v) is 26.4. The molecule has 7 aromatic rings. The summed E-state index contributed by atoms with van der Waals surface area (Å²) < 4.78 is 34.1. The Labute approximate surface area is 467 Å². The Morgan fingerprint density at radius 1 is 0.753 bits per heavy atom. The molecule has 2 aliphatic rings. The van der Waals surface area contributed by atoms with Crippen LogP contribution in [0.2, 0.25) is 0 Å². The fourth-order valence-corrected chi connectivity index (χ4v) is 10.7. The van der Waals surface area contributed by atoms with Gasteiger partial charge in [-0.05, 0) is 50.4 Å². The lowest BCUT2D eigenvalue weighted by molar-refractivity contribution is -0.154. The molecule has 0 saturated carbocycles. The predicted octanol–water partition coefficient (Wildman–Crippen LogP) is 5.69. The smallest absolute Gasteiger partial charge is 0.366 e. The summed E-state index contributed by atoms with van der Waals surface area (Å²) >= 11 is 2.29. The number of anilines is 1. The summed E-state index contributed by atoms with van der Waals surface area (Å²) in [6.45, 7) is 2.69. The third-order valence-corrected chi connectivity index (χ3v) is 14.2. The van der Waals surface area contributed by atoms with E-state index in [1.54, 1.807) is 48.5 Å². The molecule has 0 bridgehead atoms. The quantitative estimate of drug-likeness (QED) is 0.0176. The topological polar surface area (TPSA) is 315 Å². The molecule has 2 aliphatic heterocycles. The molecule has 1 fully saturated rings. The average Bonchev–Trinajstić information content (AvgIpc) is 4.18. The first-order chi connectivity index (χ1) is 39.1. The van der Waals surface area contributed by atoms with Gasteiger partial charge in [0.05, 0.1) is 5.56 Å². The van der Waals surface area contributed by atoms with Gasteiger partial charge in [0, 0.05) is 32.3 Å². The molecule has 3 N–H and O–H groups in total. The van der Waals surface area contributed by atoms with E-state index in [9.17, 15) is 38.4 Å². The molecule has 26 heteroatoms. The number of thioether (sulfide) groups is 2. The zero-order chi connectivity index (χ0) is 57.2. The second kappa shape index (κ2) is 25.2. The third-order valence-electron chi connectivity index (χ3n) is 11.8. The van der Waals surface area contributed by atoms with Crippen molar-refractivity contribution in [2.75, 3.05) is 17.2 Å². The lowest BCUT2D eigenvalue weighted by Gasteiger charge is -2.49. The molecule has 1 saturated heterocycles. The van der Waals surface area contributed by atoms with Crippen LogP contribution >= 0.6 is 23.5 Å². The van der Waals surface area contributed by atoms with E-state index in [0.29, 0.717) is 16.7 Å². The van der Waals surface area contributed by atoms with E-state index in [0.717, 1.165) is 62.1 Å². The monoisotopic (exact) mass is 1140 g/mol. The Bertz CT molecular complexity index is 3480. The molecule has 2 amide bonds. The minimum Gasteiger partial charge on any atom is -0.451 e. The number of ether oxygens (including phenoxy) is 5. The molecule has 2 aromatic heterocycles. The SMILES string of the molecule is CC(=O)Oc1cc(C(=O)ON=C(C(=O)N[C@@H]2C(=O)N3C(C(=O)OC(c4ccccc4)c4ccccc4)=C(CSc4nnnn4CC(=O)OC(c4ccccc4)c4ccccc4)CS[C@@H]23)c2coc(N)n2)cc(OC(C)=O)c1OC(C)=O. The van der Waals surface area contributed by atoms with Crippen LogP contribution in [0.3, 0.4) is 0 Å². The van der Waals surface area contributed by atoms with Crippen molar-refractivity contribution in [3.63, 3.8) is 0 Å². The summed E-state index contributed by atoms with van der Waals surface area (Å²) in [6, 6.07) is 36.6.